The lowest BCUT2D eigenvalue weighted by atomic mass is 9.69. The number of carbonyl (C=O) groups is 3. The topological polar surface area (TPSA) is 90.9 Å². The summed E-state index contributed by atoms with van der Waals surface area (Å²) in [4.78, 5) is 39.5. The molecule has 0 aromatic heterocycles. The molecule has 8 heteroatoms. The van der Waals surface area contributed by atoms with Gasteiger partial charge in [-0.3, -0.25) is 9.59 Å². The highest BCUT2D eigenvalue weighted by atomic mass is 32.2. The second kappa shape index (κ2) is 11.6. The van der Waals surface area contributed by atoms with Crippen LogP contribution in [0.2, 0.25) is 0 Å². The number of rotatable bonds is 9. The summed E-state index contributed by atoms with van der Waals surface area (Å²) >= 11 is 1.69. The SMILES string of the molecule is CCOc1cccc([C@@H]2C(C(=O)OCCSCC)=C(C)NC3=C2C(=O)[C@H](C(=O)OC)[C@H](C)C3)c1. The van der Waals surface area contributed by atoms with Crippen LogP contribution in [-0.4, -0.2) is 49.6 Å². The molecule has 34 heavy (non-hydrogen) atoms. The van der Waals surface area contributed by atoms with E-state index in [1.54, 1.807) is 11.8 Å². The first-order valence-corrected chi connectivity index (χ1v) is 12.8. The Morgan fingerprint density at radius 2 is 2.00 bits per heavy atom. The van der Waals surface area contributed by atoms with Gasteiger partial charge in [0.05, 0.1) is 19.3 Å². The smallest absolute Gasteiger partial charge is 0.336 e. The van der Waals surface area contributed by atoms with Gasteiger partial charge in [0.25, 0.3) is 0 Å². The molecule has 1 N–H and O–H groups in total. The fourth-order valence-corrected chi connectivity index (χ4v) is 5.14. The summed E-state index contributed by atoms with van der Waals surface area (Å²) in [6.07, 6.45) is 0.495. The Morgan fingerprint density at radius 1 is 1.24 bits per heavy atom. The third kappa shape index (κ3) is 5.32. The normalized spacial score (nSPS) is 22.1. The highest BCUT2D eigenvalue weighted by Gasteiger charge is 2.47. The van der Waals surface area contributed by atoms with Crippen LogP contribution >= 0.6 is 11.8 Å². The number of thioether (sulfide) groups is 1. The van der Waals surface area contributed by atoms with Gasteiger partial charge in [-0.25, -0.2) is 4.79 Å². The maximum atomic E-state index is 13.7. The highest BCUT2D eigenvalue weighted by molar-refractivity contribution is 7.99. The standard InChI is InChI=1S/C26H33NO6S/c1-6-32-18-10-8-9-17(14-18)22-21(26(30)33-11-12-34-7-2)16(4)27-19-13-15(3)20(25(29)31-5)24(28)23(19)22/h8-10,14-15,20,22,27H,6-7,11-13H2,1-5H3/t15-,20-,22-/m1/s1. The average Bonchev–Trinajstić information content (AvgIpc) is 2.81. The molecule has 1 aromatic carbocycles. The van der Waals surface area contributed by atoms with Gasteiger partial charge in [-0.2, -0.15) is 11.8 Å². The predicted octanol–water partition coefficient (Wildman–Crippen LogP) is 3.99. The average molecular weight is 488 g/mol. The number of hydrogen-bond acceptors (Lipinski definition) is 8. The van der Waals surface area contributed by atoms with Crippen LogP contribution in [-0.2, 0) is 23.9 Å². The fourth-order valence-electron chi connectivity index (χ4n) is 4.65. The van der Waals surface area contributed by atoms with E-state index in [0.717, 1.165) is 17.0 Å². The zero-order valence-electron chi connectivity index (χ0n) is 20.4. The zero-order chi connectivity index (χ0) is 24.8. The van der Waals surface area contributed by atoms with E-state index in [4.69, 9.17) is 14.2 Å². The van der Waals surface area contributed by atoms with Crippen molar-refractivity contribution in [3.05, 3.63) is 52.4 Å². The first-order valence-electron chi connectivity index (χ1n) is 11.6. The molecule has 1 aromatic rings. The second-order valence-corrected chi connectivity index (χ2v) is 9.77. The molecular weight excluding hydrogens is 454 g/mol. The number of ketones is 1. The minimum absolute atomic E-state index is 0.228. The lowest BCUT2D eigenvalue weighted by Crippen LogP contribution is -2.43. The van der Waals surface area contributed by atoms with Crippen LogP contribution < -0.4 is 10.1 Å². The number of hydrogen-bond donors (Lipinski definition) is 1. The van der Waals surface area contributed by atoms with E-state index in [-0.39, 0.29) is 18.3 Å². The van der Waals surface area contributed by atoms with Crippen LogP contribution in [0.25, 0.3) is 0 Å². The van der Waals surface area contributed by atoms with Crippen LogP contribution in [0.4, 0.5) is 0 Å². The van der Waals surface area contributed by atoms with Crippen molar-refractivity contribution in [2.24, 2.45) is 11.8 Å². The Balaban J connectivity index is 2.09. The minimum Gasteiger partial charge on any atom is -0.494 e. The van der Waals surface area contributed by atoms with Gasteiger partial charge in [-0.05, 0) is 49.6 Å². The molecule has 0 saturated heterocycles. The fraction of sp³-hybridized carbons (Fsp3) is 0.500. The molecule has 3 atom stereocenters. The quantitative estimate of drug-likeness (QED) is 0.318. The number of Topliss-reactive ketones (excluding diaryl/α,β-unsaturated/α-hetero) is 1. The van der Waals surface area contributed by atoms with Crippen molar-refractivity contribution in [1.82, 2.24) is 5.32 Å². The number of methoxy groups -OCH3 is 1. The van der Waals surface area contributed by atoms with Crippen molar-refractivity contribution >= 4 is 29.5 Å². The monoisotopic (exact) mass is 487 g/mol. The summed E-state index contributed by atoms with van der Waals surface area (Å²) in [6.45, 7) is 8.40. The third-order valence-corrected chi connectivity index (χ3v) is 6.99. The van der Waals surface area contributed by atoms with Gasteiger partial charge < -0.3 is 19.5 Å². The number of esters is 2. The van der Waals surface area contributed by atoms with Gasteiger partial charge in [0.15, 0.2) is 5.78 Å². The van der Waals surface area contributed by atoms with E-state index in [1.807, 2.05) is 52.0 Å². The third-order valence-electron chi connectivity index (χ3n) is 6.13. The van der Waals surface area contributed by atoms with Gasteiger partial charge in [-0.15, -0.1) is 0 Å². The lowest BCUT2D eigenvalue weighted by Gasteiger charge is -2.38. The predicted molar refractivity (Wildman–Crippen MR) is 131 cm³/mol. The van der Waals surface area contributed by atoms with Crippen LogP contribution in [0.5, 0.6) is 5.75 Å². The summed E-state index contributed by atoms with van der Waals surface area (Å²) < 4.78 is 16.2. The molecule has 0 amide bonds. The Kier molecular flexibility index (Phi) is 8.83. The van der Waals surface area contributed by atoms with E-state index >= 15 is 0 Å². The van der Waals surface area contributed by atoms with Crippen LogP contribution in [0.15, 0.2) is 46.8 Å². The van der Waals surface area contributed by atoms with Gasteiger partial charge in [0.1, 0.15) is 18.3 Å². The summed E-state index contributed by atoms with van der Waals surface area (Å²) in [5.41, 5.74) is 2.92. The molecule has 1 aliphatic carbocycles. The van der Waals surface area contributed by atoms with Gasteiger partial charge in [0.2, 0.25) is 0 Å². The largest absolute Gasteiger partial charge is 0.494 e. The van der Waals surface area contributed by atoms with Gasteiger partial charge >= 0.3 is 11.9 Å². The van der Waals surface area contributed by atoms with E-state index < -0.39 is 23.8 Å². The second-order valence-electron chi connectivity index (χ2n) is 8.37. The number of nitrogens with one attached hydrogen (secondary N) is 1. The Bertz CT molecular complexity index is 1010. The van der Waals surface area contributed by atoms with Crippen molar-refractivity contribution in [3.8, 4) is 5.75 Å². The molecule has 1 heterocycles. The Hall–Kier alpha value is -2.74. The highest BCUT2D eigenvalue weighted by Crippen LogP contribution is 2.46. The molecule has 0 radical (unpaired) electrons. The number of carbonyl (C=O) groups excluding carboxylic acids is 3. The van der Waals surface area contributed by atoms with E-state index in [2.05, 4.69) is 5.32 Å². The van der Waals surface area contributed by atoms with E-state index in [1.165, 1.54) is 7.11 Å². The zero-order valence-corrected chi connectivity index (χ0v) is 21.3. The maximum absolute atomic E-state index is 13.7. The summed E-state index contributed by atoms with van der Waals surface area (Å²) in [5, 5.41) is 3.28. The molecule has 0 fully saturated rings. The molecule has 0 spiro atoms. The number of ether oxygens (including phenoxy) is 3. The van der Waals surface area contributed by atoms with Crippen LogP contribution in [0, 0.1) is 11.8 Å². The number of dihydropyridines is 1. The van der Waals surface area contributed by atoms with Crippen molar-refractivity contribution in [3.63, 3.8) is 0 Å². The molecule has 2 aliphatic rings. The molecule has 0 bridgehead atoms. The Morgan fingerprint density at radius 3 is 2.68 bits per heavy atom. The Labute approximate surface area is 205 Å². The van der Waals surface area contributed by atoms with Gasteiger partial charge in [0, 0.05) is 28.6 Å². The first-order chi connectivity index (χ1) is 16.3. The molecule has 3 rings (SSSR count). The molecule has 1 aliphatic heterocycles. The summed E-state index contributed by atoms with van der Waals surface area (Å²) in [7, 11) is 1.29. The number of benzene rings is 1. The summed E-state index contributed by atoms with van der Waals surface area (Å²) in [5.74, 6) is -0.888. The van der Waals surface area contributed by atoms with Crippen LogP contribution in [0.3, 0.4) is 0 Å². The number of allylic oxidation sites excluding steroid dienone is 3. The molecular formula is C26H33NO6S. The molecule has 184 valence electrons. The minimum atomic E-state index is -0.917. The molecule has 7 nitrogen and oxygen atoms in total. The van der Waals surface area contributed by atoms with E-state index in [9.17, 15) is 14.4 Å². The van der Waals surface area contributed by atoms with Crippen molar-refractivity contribution in [1.29, 1.82) is 0 Å². The summed E-state index contributed by atoms with van der Waals surface area (Å²) in [6, 6.07) is 7.39. The van der Waals surface area contributed by atoms with Crippen LogP contribution in [0.1, 0.15) is 45.6 Å². The van der Waals surface area contributed by atoms with Crippen molar-refractivity contribution in [2.45, 2.75) is 40.0 Å². The molecule has 0 unspecified atom stereocenters. The first kappa shape index (κ1) is 25.9. The van der Waals surface area contributed by atoms with Crippen molar-refractivity contribution in [2.75, 3.05) is 31.8 Å². The molecule has 0 saturated carbocycles. The maximum Gasteiger partial charge on any atom is 0.336 e. The van der Waals surface area contributed by atoms with E-state index in [0.29, 0.717) is 41.4 Å². The van der Waals surface area contributed by atoms with Gasteiger partial charge in [-0.1, -0.05) is 26.0 Å². The lowest BCUT2D eigenvalue weighted by molar-refractivity contribution is -0.151. The van der Waals surface area contributed by atoms with Crippen molar-refractivity contribution < 1.29 is 28.6 Å².